The molecular weight excluding hydrogens is 326 g/mol. The lowest BCUT2D eigenvalue weighted by Crippen LogP contribution is -2.49. The van der Waals surface area contributed by atoms with Crippen molar-refractivity contribution in [1.82, 2.24) is 20.4 Å². The Balaban J connectivity index is 1.59. The molecule has 1 aromatic carbocycles. The Morgan fingerprint density at radius 2 is 1.81 bits per heavy atom. The number of hydrogen-bond donors (Lipinski definition) is 1. The molecule has 138 valence electrons. The number of carbonyl (C=O) groups excluding carboxylic acids is 1. The molecule has 2 fully saturated rings. The van der Waals surface area contributed by atoms with E-state index in [1.54, 1.807) is 0 Å². The molecule has 2 aromatic rings. The smallest absolute Gasteiger partial charge is 0.272 e. The molecule has 6 nitrogen and oxygen atoms in total. The first-order valence-corrected chi connectivity index (χ1v) is 9.66. The van der Waals surface area contributed by atoms with E-state index in [0.29, 0.717) is 17.7 Å². The highest BCUT2D eigenvalue weighted by molar-refractivity contribution is 6.07. The molecule has 0 radical (unpaired) electrons. The van der Waals surface area contributed by atoms with Crippen LogP contribution in [0.5, 0.6) is 0 Å². The molecule has 2 aliphatic rings. The Bertz CT molecular complexity index is 794. The predicted octanol–water partition coefficient (Wildman–Crippen LogP) is 2.30. The minimum Gasteiger partial charge on any atom is -0.352 e. The third-order valence-corrected chi connectivity index (χ3v) is 5.48. The molecule has 1 amide bonds. The summed E-state index contributed by atoms with van der Waals surface area (Å²) in [5, 5.41) is 13.7. The molecule has 0 unspecified atom stereocenters. The second-order valence-electron chi connectivity index (χ2n) is 7.69. The van der Waals surface area contributed by atoms with E-state index in [4.69, 9.17) is 0 Å². The predicted molar refractivity (Wildman–Crippen MR) is 104 cm³/mol. The first-order chi connectivity index (χ1) is 12.6. The number of rotatable bonds is 5. The highest BCUT2D eigenvalue weighted by Gasteiger charge is 2.25. The largest absolute Gasteiger partial charge is 0.352 e. The van der Waals surface area contributed by atoms with E-state index in [1.165, 1.54) is 12.8 Å². The van der Waals surface area contributed by atoms with Gasteiger partial charge in [0.2, 0.25) is 0 Å². The van der Waals surface area contributed by atoms with Crippen molar-refractivity contribution < 1.29 is 4.79 Å². The number of aromatic nitrogens is 2. The fourth-order valence-electron chi connectivity index (χ4n) is 3.58. The molecule has 0 bridgehead atoms. The number of anilines is 1. The zero-order valence-corrected chi connectivity index (χ0v) is 15.6. The van der Waals surface area contributed by atoms with Crippen LogP contribution in [-0.4, -0.2) is 59.8 Å². The minimum absolute atomic E-state index is 0.114. The van der Waals surface area contributed by atoms with Crippen LogP contribution in [0.4, 0.5) is 5.82 Å². The van der Waals surface area contributed by atoms with Crippen LogP contribution in [0.3, 0.4) is 0 Å². The van der Waals surface area contributed by atoms with E-state index in [2.05, 4.69) is 39.2 Å². The summed E-state index contributed by atoms with van der Waals surface area (Å²) in [7, 11) is 0. The summed E-state index contributed by atoms with van der Waals surface area (Å²) in [6.45, 7) is 9.14. The lowest BCUT2D eigenvalue weighted by molar-refractivity contribution is 0.0947. The lowest BCUT2D eigenvalue weighted by atomic mass is 10.1. The molecular formula is C20H27N5O. The van der Waals surface area contributed by atoms with Gasteiger partial charge in [-0.25, -0.2) is 0 Å². The molecule has 0 spiro atoms. The van der Waals surface area contributed by atoms with Crippen LogP contribution in [0.2, 0.25) is 0 Å². The first-order valence-electron chi connectivity index (χ1n) is 9.66. The van der Waals surface area contributed by atoms with E-state index in [-0.39, 0.29) is 5.91 Å². The van der Waals surface area contributed by atoms with Crippen molar-refractivity contribution in [2.24, 2.45) is 5.92 Å². The summed E-state index contributed by atoms with van der Waals surface area (Å²) in [5.74, 6) is 1.43. The van der Waals surface area contributed by atoms with Crippen LogP contribution >= 0.6 is 0 Å². The van der Waals surface area contributed by atoms with Crippen molar-refractivity contribution in [3.05, 3.63) is 30.0 Å². The Hall–Kier alpha value is -2.21. The van der Waals surface area contributed by atoms with Crippen LogP contribution in [-0.2, 0) is 0 Å². The summed E-state index contributed by atoms with van der Waals surface area (Å²) in [6.07, 6.45) is 2.43. The molecule has 1 saturated carbocycles. The second kappa shape index (κ2) is 7.19. The quantitative estimate of drug-likeness (QED) is 0.894. The zero-order chi connectivity index (χ0) is 18.1. The molecule has 2 heterocycles. The molecule has 1 aliphatic heterocycles. The average Bonchev–Trinajstić information content (AvgIpc) is 3.50. The van der Waals surface area contributed by atoms with Crippen LogP contribution < -0.4 is 10.2 Å². The molecule has 1 N–H and O–H groups in total. The van der Waals surface area contributed by atoms with Crippen molar-refractivity contribution in [1.29, 1.82) is 0 Å². The van der Waals surface area contributed by atoms with E-state index in [1.807, 2.05) is 24.3 Å². The van der Waals surface area contributed by atoms with Gasteiger partial charge in [0.05, 0.1) is 0 Å². The number of fused-ring (bicyclic) bond motifs is 1. The normalized spacial score (nSPS) is 18.5. The van der Waals surface area contributed by atoms with Crippen molar-refractivity contribution in [2.45, 2.75) is 32.7 Å². The summed E-state index contributed by atoms with van der Waals surface area (Å²) < 4.78 is 0. The molecule has 4 rings (SSSR count). The van der Waals surface area contributed by atoms with Gasteiger partial charge in [-0.3, -0.25) is 9.69 Å². The van der Waals surface area contributed by atoms with Crippen molar-refractivity contribution in [2.75, 3.05) is 37.6 Å². The van der Waals surface area contributed by atoms with Gasteiger partial charge in [-0.1, -0.05) is 24.3 Å². The van der Waals surface area contributed by atoms with Gasteiger partial charge in [-0.2, -0.15) is 0 Å². The SMILES string of the molecule is CC(C)N1CCN(c2nnc(C(=O)NCC3CC3)c3ccccc23)CC1. The number of benzene rings is 1. The van der Waals surface area contributed by atoms with Crippen molar-refractivity contribution in [3.63, 3.8) is 0 Å². The third-order valence-electron chi connectivity index (χ3n) is 5.48. The summed E-state index contributed by atoms with van der Waals surface area (Å²) in [6, 6.07) is 8.55. The topological polar surface area (TPSA) is 61.4 Å². The number of nitrogens with zero attached hydrogens (tertiary/aromatic N) is 4. The van der Waals surface area contributed by atoms with Gasteiger partial charge in [0.15, 0.2) is 11.5 Å². The van der Waals surface area contributed by atoms with Gasteiger partial charge in [0, 0.05) is 49.5 Å². The number of piperazine rings is 1. The van der Waals surface area contributed by atoms with Crippen LogP contribution in [0, 0.1) is 5.92 Å². The Morgan fingerprint density at radius 3 is 2.46 bits per heavy atom. The average molecular weight is 353 g/mol. The number of amides is 1. The number of carbonyl (C=O) groups is 1. The van der Waals surface area contributed by atoms with Crippen LogP contribution in [0.25, 0.3) is 10.8 Å². The fraction of sp³-hybridized carbons (Fsp3) is 0.550. The molecule has 0 atom stereocenters. The summed E-state index contributed by atoms with van der Waals surface area (Å²) in [5.41, 5.74) is 0.436. The van der Waals surface area contributed by atoms with Crippen LogP contribution in [0.1, 0.15) is 37.2 Å². The van der Waals surface area contributed by atoms with Crippen LogP contribution in [0.15, 0.2) is 24.3 Å². The minimum atomic E-state index is -0.114. The maximum absolute atomic E-state index is 12.6. The first kappa shape index (κ1) is 17.2. The molecule has 1 saturated heterocycles. The van der Waals surface area contributed by atoms with Gasteiger partial charge in [-0.05, 0) is 32.6 Å². The number of hydrogen-bond acceptors (Lipinski definition) is 5. The molecule has 1 aromatic heterocycles. The summed E-state index contributed by atoms with van der Waals surface area (Å²) in [4.78, 5) is 17.3. The lowest BCUT2D eigenvalue weighted by Gasteiger charge is -2.37. The highest BCUT2D eigenvalue weighted by atomic mass is 16.1. The molecule has 6 heteroatoms. The second-order valence-corrected chi connectivity index (χ2v) is 7.69. The van der Waals surface area contributed by atoms with E-state index in [9.17, 15) is 4.79 Å². The zero-order valence-electron chi connectivity index (χ0n) is 15.6. The molecule has 1 aliphatic carbocycles. The summed E-state index contributed by atoms with van der Waals surface area (Å²) >= 11 is 0. The van der Waals surface area contributed by atoms with E-state index < -0.39 is 0 Å². The van der Waals surface area contributed by atoms with Gasteiger partial charge in [-0.15, -0.1) is 10.2 Å². The van der Waals surface area contributed by atoms with Crippen molar-refractivity contribution in [3.8, 4) is 0 Å². The Kier molecular flexibility index (Phi) is 4.76. The Labute approximate surface area is 154 Å². The standard InChI is InChI=1S/C20H27N5O/c1-14(2)24-9-11-25(12-10-24)19-17-6-4-3-5-16(17)18(22-23-19)20(26)21-13-15-7-8-15/h3-6,14-15H,7-13H2,1-2H3,(H,21,26). The fourth-order valence-corrected chi connectivity index (χ4v) is 3.58. The third kappa shape index (κ3) is 3.51. The van der Waals surface area contributed by atoms with Gasteiger partial charge < -0.3 is 10.2 Å². The van der Waals surface area contributed by atoms with E-state index in [0.717, 1.165) is 49.3 Å². The van der Waals surface area contributed by atoms with E-state index >= 15 is 0 Å². The number of nitrogens with one attached hydrogen (secondary N) is 1. The maximum atomic E-state index is 12.6. The van der Waals surface area contributed by atoms with Gasteiger partial charge in [0.1, 0.15) is 0 Å². The molecule has 26 heavy (non-hydrogen) atoms. The van der Waals surface area contributed by atoms with Gasteiger partial charge >= 0.3 is 0 Å². The van der Waals surface area contributed by atoms with Crippen molar-refractivity contribution >= 4 is 22.5 Å². The monoisotopic (exact) mass is 353 g/mol. The van der Waals surface area contributed by atoms with Gasteiger partial charge in [0.25, 0.3) is 5.91 Å². The highest BCUT2D eigenvalue weighted by Crippen LogP contribution is 2.29. The maximum Gasteiger partial charge on any atom is 0.272 e. The Morgan fingerprint density at radius 1 is 1.12 bits per heavy atom.